The Bertz CT molecular complexity index is 995. The van der Waals surface area contributed by atoms with Crippen molar-refractivity contribution in [2.24, 2.45) is 0 Å². The van der Waals surface area contributed by atoms with Crippen molar-refractivity contribution in [1.29, 1.82) is 0 Å². The van der Waals surface area contributed by atoms with E-state index >= 15 is 0 Å². The molecule has 0 saturated carbocycles. The quantitative estimate of drug-likeness (QED) is 0.661. The van der Waals surface area contributed by atoms with Gasteiger partial charge < -0.3 is 5.32 Å². The molecule has 3 aromatic rings. The topological polar surface area (TPSA) is 80.1 Å². The predicted octanol–water partition coefficient (Wildman–Crippen LogP) is 2.20. The van der Waals surface area contributed by atoms with Gasteiger partial charge in [0, 0.05) is 17.8 Å². The molecule has 1 unspecified atom stereocenters. The average molecular weight is 398 g/mol. The summed E-state index contributed by atoms with van der Waals surface area (Å²) in [6.07, 6.45) is 2.61. The molecule has 2 aromatic heterocycles. The van der Waals surface area contributed by atoms with Gasteiger partial charge in [0.05, 0.1) is 18.0 Å². The standard InChI is InChI=1S/C20H23N5O2S/c26-19(9-12-25-20(27)15-6-1-2-7-16(15)22-23-25)21-14-17(18-8-5-13-28-18)24-10-3-4-11-24/h1-2,5-8,13,17H,3-4,9-12,14H2,(H,21,26). The minimum atomic E-state index is -0.216. The molecule has 1 atom stereocenters. The highest BCUT2D eigenvalue weighted by Gasteiger charge is 2.24. The van der Waals surface area contributed by atoms with E-state index in [0.29, 0.717) is 17.4 Å². The molecule has 4 rings (SSSR count). The number of nitrogens with zero attached hydrogens (tertiary/aromatic N) is 4. The Kier molecular flexibility index (Phi) is 5.78. The van der Waals surface area contributed by atoms with Crippen LogP contribution in [0.5, 0.6) is 0 Å². The predicted molar refractivity (Wildman–Crippen MR) is 109 cm³/mol. The Morgan fingerprint density at radius 2 is 2.00 bits per heavy atom. The first-order valence-electron chi connectivity index (χ1n) is 9.59. The molecule has 1 aliphatic heterocycles. The molecule has 1 amide bonds. The van der Waals surface area contributed by atoms with Crippen LogP contribution in [0.15, 0.2) is 46.6 Å². The van der Waals surface area contributed by atoms with Crippen LogP contribution in [0.25, 0.3) is 10.9 Å². The van der Waals surface area contributed by atoms with E-state index in [2.05, 4.69) is 38.0 Å². The Labute approximate surface area is 167 Å². The van der Waals surface area contributed by atoms with Crippen molar-refractivity contribution < 1.29 is 4.79 Å². The lowest BCUT2D eigenvalue weighted by molar-refractivity contribution is -0.121. The number of hydrogen-bond donors (Lipinski definition) is 1. The minimum absolute atomic E-state index is 0.0809. The van der Waals surface area contributed by atoms with Crippen LogP contribution in [-0.4, -0.2) is 45.4 Å². The number of carbonyl (C=O) groups excluding carboxylic acids is 1. The summed E-state index contributed by atoms with van der Waals surface area (Å²) < 4.78 is 1.26. The van der Waals surface area contributed by atoms with Gasteiger partial charge in [0.1, 0.15) is 5.52 Å². The van der Waals surface area contributed by atoms with E-state index in [1.54, 1.807) is 29.5 Å². The lowest BCUT2D eigenvalue weighted by Crippen LogP contribution is -2.37. The van der Waals surface area contributed by atoms with Crippen molar-refractivity contribution in [1.82, 2.24) is 25.2 Å². The second-order valence-electron chi connectivity index (χ2n) is 6.96. The molecule has 1 fully saturated rings. The maximum absolute atomic E-state index is 12.5. The molecule has 28 heavy (non-hydrogen) atoms. The average Bonchev–Trinajstić information content (AvgIpc) is 3.43. The number of likely N-dealkylation sites (tertiary alicyclic amines) is 1. The number of rotatable bonds is 7. The fourth-order valence-corrected chi connectivity index (χ4v) is 4.48. The van der Waals surface area contributed by atoms with Gasteiger partial charge in [-0.15, -0.1) is 16.4 Å². The van der Waals surface area contributed by atoms with Crippen molar-refractivity contribution in [3.63, 3.8) is 0 Å². The summed E-state index contributed by atoms with van der Waals surface area (Å²) in [7, 11) is 0. The van der Waals surface area contributed by atoms with Gasteiger partial charge in [0.25, 0.3) is 5.56 Å². The third-order valence-corrected chi connectivity index (χ3v) is 6.10. The van der Waals surface area contributed by atoms with Crippen LogP contribution in [-0.2, 0) is 11.3 Å². The number of aryl methyl sites for hydroxylation is 1. The summed E-state index contributed by atoms with van der Waals surface area (Å²) in [5, 5.41) is 13.6. The Morgan fingerprint density at radius 1 is 1.18 bits per heavy atom. The molecule has 146 valence electrons. The molecule has 1 aliphatic rings. The summed E-state index contributed by atoms with van der Waals surface area (Å²) in [5.41, 5.74) is 0.351. The van der Waals surface area contributed by atoms with Crippen molar-refractivity contribution in [2.45, 2.75) is 31.8 Å². The molecule has 8 heteroatoms. The van der Waals surface area contributed by atoms with E-state index in [4.69, 9.17) is 0 Å². The van der Waals surface area contributed by atoms with Crippen LogP contribution < -0.4 is 10.9 Å². The molecule has 7 nitrogen and oxygen atoms in total. The molecule has 1 saturated heterocycles. The largest absolute Gasteiger partial charge is 0.354 e. The number of carbonyl (C=O) groups is 1. The maximum atomic E-state index is 12.5. The second-order valence-corrected chi connectivity index (χ2v) is 7.94. The number of nitrogens with one attached hydrogen (secondary N) is 1. The molecule has 0 radical (unpaired) electrons. The number of fused-ring (bicyclic) bond motifs is 1. The molecule has 0 spiro atoms. The monoisotopic (exact) mass is 397 g/mol. The number of amides is 1. The van der Waals surface area contributed by atoms with Gasteiger partial charge in [0.2, 0.25) is 5.91 Å². The molecule has 0 aliphatic carbocycles. The molecule has 1 N–H and O–H groups in total. The van der Waals surface area contributed by atoms with E-state index in [0.717, 1.165) is 13.1 Å². The summed E-state index contributed by atoms with van der Waals surface area (Å²) >= 11 is 1.73. The van der Waals surface area contributed by atoms with E-state index in [1.807, 2.05) is 6.07 Å². The summed E-state index contributed by atoms with van der Waals surface area (Å²) in [6, 6.07) is 11.5. The van der Waals surface area contributed by atoms with Crippen molar-refractivity contribution in [2.75, 3.05) is 19.6 Å². The normalized spacial score (nSPS) is 15.7. The lowest BCUT2D eigenvalue weighted by atomic mass is 10.2. The first-order chi connectivity index (χ1) is 13.7. The van der Waals surface area contributed by atoms with Crippen LogP contribution in [0.3, 0.4) is 0 Å². The van der Waals surface area contributed by atoms with Crippen LogP contribution in [0.1, 0.15) is 30.2 Å². The molecular weight excluding hydrogens is 374 g/mol. The Balaban J connectivity index is 1.36. The fraction of sp³-hybridized carbons (Fsp3) is 0.400. The van der Waals surface area contributed by atoms with Crippen LogP contribution in [0.2, 0.25) is 0 Å². The second kappa shape index (κ2) is 8.62. The molecule has 1 aromatic carbocycles. The Morgan fingerprint density at radius 3 is 2.79 bits per heavy atom. The van der Waals surface area contributed by atoms with Gasteiger partial charge in [-0.1, -0.05) is 23.4 Å². The zero-order valence-electron chi connectivity index (χ0n) is 15.6. The number of hydrogen-bond acceptors (Lipinski definition) is 6. The first kappa shape index (κ1) is 18.8. The van der Waals surface area contributed by atoms with E-state index in [-0.39, 0.29) is 30.5 Å². The maximum Gasteiger partial charge on any atom is 0.277 e. The zero-order chi connectivity index (χ0) is 19.3. The van der Waals surface area contributed by atoms with E-state index in [9.17, 15) is 9.59 Å². The van der Waals surface area contributed by atoms with Crippen LogP contribution in [0, 0.1) is 0 Å². The van der Waals surface area contributed by atoms with E-state index in [1.165, 1.54) is 22.4 Å². The smallest absolute Gasteiger partial charge is 0.277 e. The summed E-state index contributed by atoms with van der Waals surface area (Å²) in [5.74, 6) is -0.0809. The highest BCUT2D eigenvalue weighted by Crippen LogP contribution is 2.27. The highest BCUT2D eigenvalue weighted by molar-refractivity contribution is 7.10. The zero-order valence-corrected chi connectivity index (χ0v) is 16.4. The van der Waals surface area contributed by atoms with Crippen LogP contribution in [0.4, 0.5) is 0 Å². The SMILES string of the molecule is O=C(CCn1nnc2ccccc2c1=O)NCC(c1cccs1)N1CCCC1. The molecule has 0 bridgehead atoms. The summed E-state index contributed by atoms with van der Waals surface area (Å²) in [6.45, 7) is 2.94. The third kappa shape index (κ3) is 4.13. The van der Waals surface area contributed by atoms with Crippen LogP contribution >= 0.6 is 11.3 Å². The van der Waals surface area contributed by atoms with Crippen molar-refractivity contribution in [3.05, 3.63) is 57.0 Å². The van der Waals surface area contributed by atoms with Gasteiger partial charge in [0.15, 0.2) is 0 Å². The Hall–Kier alpha value is -2.58. The van der Waals surface area contributed by atoms with Gasteiger partial charge in [-0.05, 0) is 49.5 Å². The van der Waals surface area contributed by atoms with Crippen molar-refractivity contribution >= 4 is 28.1 Å². The first-order valence-corrected chi connectivity index (χ1v) is 10.5. The number of benzene rings is 1. The van der Waals surface area contributed by atoms with E-state index < -0.39 is 0 Å². The number of thiophene rings is 1. The minimum Gasteiger partial charge on any atom is -0.354 e. The molecule has 3 heterocycles. The molecular formula is C20H23N5O2S. The van der Waals surface area contributed by atoms with Gasteiger partial charge in [-0.3, -0.25) is 14.5 Å². The van der Waals surface area contributed by atoms with Gasteiger partial charge in [-0.25, -0.2) is 4.68 Å². The van der Waals surface area contributed by atoms with Crippen molar-refractivity contribution in [3.8, 4) is 0 Å². The lowest BCUT2D eigenvalue weighted by Gasteiger charge is -2.26. The summed E-state index contributed by atoms with van der Waals surface area (Å²) in [4.78, 5) is 28.6. The highest BCUT2D eigenvalue weighted by atomic mass is 32.1. The number of aromatic nitrogens is 3. The van der Waals surface area contributed by atoms with Gasteiger partial charge >= 0.3 is 0 Å². The fourth-order valence-electron chi connectivity index (χ4n) is 3.62. The van der Waals surface area contributed by atoms with Gasteiger partial charge in [-0.2, -0.15) is 0 Å². The third-order valence-electron chi connectivity index (χ3n) is 5.13.